The average molecular weight is 399 g/mol. The Hall–Kier alpha value is -2.88. The summed E-state index contributed by atoms with van der Waals surface area (Å²) in [5.41, 5.74) is 7.25. The molecule has 1 aromatic carbocycles. The lowest BCUT2D eigenvalue weighted by Crippen LogP contribution is -2.61. The lowest BCUT2D eigenvalue weighted by Gasteiger charge is -2.29. The topological polar surface area (TPSA) is 145 Å². The Bertz CT molecular complexity index is 858. The van der Waals surface area contributed by atoms with Crippen LogP contribution in [0.1, 0.15) is 29.8 Å². The number of hydrogen-bond donors (Lipinski definition) is 6. The van der Waals surface area contributed by atoms with E-state index in [1.807, 2.05) is 0 Å². The normalized spacial score (nSPS) is 21.0. The minimum atomic E-state index is -1.12. The summed E-state index contributed by atoms with van der Waals surface area (Å²) >= 11 is 0. The summed E-state index contributed by atoms with van der Waals surface area (Å²) in [5.74, 6) is 9.91. The molecule has 0 spiro atoms. The van der Waals surface area contributed by atoms with Crippen molar-refractivity contribution in [2.75, 3.05) is 13.2 Å². The second-order valence-corrected chi connectivity index (χ2v) is 7.52. The molecule has 1 aromatic rings. The second kappa shape index (κ2) is 9.55. The van der Waals surface area contributed by atoms with Crippen LogP contribution in [0.4, 0.5) is 0 Å². The third-order valence-corrected chi connectivity index (χ3v) is 4.80. The monoisotopic (exact) mass is 399 g/mol. The Balaban J connectivity index is 2.00. The van der Waals surface area contributed by atoms with E-state index < -0.39 is 23.4 Å². The van der Waals surface area contributed by atoms with Crippen molar-refractivity contribution < 1.29 is 25.0 Å². The van der Waals surface area contributed by atoms with Crippen LogP contribution >= 0.6 is 0 Å². The van der Waals surface area contributed by atoms with E-state index in [0.29, 0.717) is 11.1 Å². The quantitative estimate of drug-likeness (QED) is 0.210. The first-order chi connectivity index (χ1) is 13.7. The van der Waals surface area contributed by atoms with Crippen LogP contribution in [0.2, 0.25) is 0 Å². The maximum Gasteiger partial charge on any atom is 0.267 e. The largest absolute Gasteiger partial charge is 0.396 e. The predicted octanol–water partition coefficient (Wildman–Crippen LogP) is -0.771. The third kappa shape index (κ3) is 5.80. The van der Waals surface area contributed by atoms with E-state index in [4.69, 9.17) is 21.2 Å². The molecule has 0 bridgehead atoms. The number of aliphatic hydroxyl groups is 2. The van der Waals surface area contributed by atoms with Crippen molar-refractivity contribution in [1.29, 1.82) is 0 Å². The number of nitrogens with two attached hydrogens (primary N) is 1. The van der Waals surface area contributed by atoms with Gasteiger partial charge in [-0.05, 0) is 50.0 Å². The van der Waals surface area contributed by atoms with Crippen LogP contribution in [0.25, 0.3) is 0 Å². The van der Waals surface area contributed by atoms with Gasteiger partial charge in [0.15, 0.2) is 0 Å². The minimum absolute atomic E-state index is 0.00366. The molecule has 8 heteroatoms. The van der Waals surface area contributed by atoms with E-state index in [1.165, 1.54) is 5.48 Å². The molecular formula is C21H25N3O5. The number of amides is 2. The van der Waals surface area contributed by atoms with Gasteiger partial charge in [0.2, 0.25) is 0 Å². The second-order valence-electron chi connectivity index (χ2n) is 7.52. The molecule has 1 aliphatic carbocycles. The molecule has 4 atom stereocenters. The highest BCUT2D eigenvalue weighted by Gasteiger charge is 2.48. The van der Waals surface area contributed by atoms with Crippen molar-refractivity contribution in [1.82, 2.24) is 10.8 Å². The lowest BCUT2D eigenvalue weighted by atomic mass is 9.95. The average Bonchev–Trinajstić information content (AvgIpc) is 3.40. The van der Waals surface area contributed by atoms with Gasteiger partial charge in [-0.15, -0.1) is 0 Å². The molecule has 0 aliphatic heterocycles. The van der Waals surface area contributed by atoms with Crippen molar-refractivity contribution in [2.24, 2.45) is 23.5 Å². The van der Waals surface area contributed by atoms with E-state index >= 15 is 0 Å². The van der Waals surface area contributed by atoms with Crippen LogP contribution in [0.3, 0.4) is 0 Å². The fraction of sp³-hybridized carbons (Fsp3) is 0.429. The molecule has 29 heavy (non-hydrogen) atoms. The zero-order valence-electron chi connectivity index (χ0n) is 16.3. The van der Waals surface area contributed by atoms with Crippen molar-refractivity contribution in [3.05, 3.63) is 35.4 Å². The molecule has 1 aliphatic rings. The number of hydroxylamine groups is 1. The van der Waals surface area contributed by atoms with E-state index in [9.17, 15) is 9.59 Å². The molecule has 0 heterocycles. The first-order valence-electron chi connectivity index (χ1n) is 9.10. The number of hydrogen-bond acceptors (Lipinski definition) is 6. The molecule has 0 saturated heterocycles. The highest BCUT2D eigenvalue weighted by atomic mass is 16.5. The van der Waals surface area contributed by atoms with Gasteiger partial charge in [0.05, 0.1) is 0 Å². The first kappa shape index (κ1) is 22.4. The van der Waals surface area contributed by atoms with Crippen molar-refractivity contribution in [3.63, 3.8) is 0 Å². The first-order valence-corrected chi connectivity index (χ1v) is 9.10. The summed E-state index contributed by atoms with van der Waals surface area (Å²) in [6, 6.07) is 5.26. The highest BCUT2D eigenvalue weighted by molar-refractivity contribution is 5.97. The number of carbonyl (C=O) groups excluding carboxylic acids is 2. The van der Waals surface area contributed by atoms with Crippen molar-refractivity contribution in [2.45, 2.75) is 25.4 Å². The minimum Gasteiger partial charge on any atom is -0.396 e. The molecule has 0 unspecified atom stereocenters. The van der Waals surface area contributed by atoms with Gasteiger partial charge in [0.25, 0.3) is 11.8 Å². The fourth-order valence-corrected chi connectivity index (χ4v) is 2.95. The molecule has 2 amide bonds. The van der Waals surface area contributed by atoms with Gasteiger partial charge in [-0.2, -0.15) is 0 Å². The van der Waals surface area contributed by atoms with E-state index in [-0.39, 0.29) is 31.0 Å². The Labute approximate surface area is 169 Å². The Morgan fingerprint density at radius 1 is 1.14 bits per heavy atom. The molecule has 0 aromatic heterocycles. The zero-order valence-corrected chi connectivity index (χ0v) is 16.3. The molecule has 1 saturated carbocycles. The lowest BCUT2D eigenvalue weighted by molar-refractivity contribution is -0.132. The van der Waals surface area contributed by atoms with Gasteiger partial charge < -0.3 is 21.3 Å². The van der Waals surface area contributed by atoms with Crippen LogP contribution in [-0.4, -0.2) is 52.0 Å². The standard InChI is InChI=1S/C21H25N3O5/c1-21(2,22)18(20(28)24-29)23-19(27)14-9-7-13(8-10-14)5-3-4-6-15-16(11-25)17(15)12-26/h7-10,15-18,25-26,29H,11-12,22H2,1-2H3,(H,23,27)(H,24,28)/t15-,16-,17+,18-/m1/s1. The van der Waals surface area contributed by atoms with Gasteiger partial charge in [0, 0.05) is 47.6 Å². The Morgan fingerprint density at radius 2 is 1.72 bits per heavy atom. The van der Waals surface area contributed by atoms with Gasteiger partial charge in [-0.25, -0.2) is 5.48 Å². The molecule has 1 fully saturated rings. The number of nitrogens with one attached hydrogen (secondary N) is 2. The molecule has 7 N–H and O–H groups in total. The molecular weight excluding hydrogens is 374 g/mol. The summed E-state index contributed by atoms with van der Waals surface area (Å²) in [6.45, 7) is 3.12. The van der Waals surface area contributed by atoms with E-state index in [0.717, 1.165) is 0 Å². The smallest absolute Gasteiger partial charge is 0.267 e. The van der Waals surface area contributed by atoms with Gasteiger partial charge >= 0.3 is 0 Å². The van der Waals surface area contributed by atoms with Crippen LogP contribution in [-0.2, 0) is 4.79 Å². The highest BCUT2D eigenvalue weighted by Crippen LogP contribution is 2.44. The van der Waals surface area contributed by atoms with E-state index in [2.05, 4.69) is 29.0 Å². The van der Waals surface area contributed by atoms with Crippen LogP contribution < -0.4 is 16.5 Å². The summed E-state index contributed by atoms with van der Waals surface area (Å²) in [7, 11) is 0. The number of benzene rings is 1. The summed E-state index contributed by atoms with van der Waals surface area (Å²) in [5, 5.41) is 29.6. The maximum atomic E-state index is 12.4. The Kier molecular flexibility index (Phi) is 7.38. The molecule has 2 rings (SSSR count). The van der Waals surface area contributed by atoms with Crippen molar-refractivity contribution in [3.8, 4) is 23.7 Å². The summed E-state index contributed by atoms with van der Waals surface area (Å²) < 4.78 is 0. The number of carbonyl (C=O) groups is 2. The molecule has 0 radical (unpaired) electrons. The third-order valence-electron chi connectivity index (χ3n) is 4.80. The number of aliphatic hydroxyl groups excluding tert-OH is 2. The summed E-state index contributed by atoms with van der Waals surface area (Å²) in [4.78, 5) is 24.1. The maximum absolute atomic E-state index is 12.4. The fourth-order valence-electron chi connectivity index (χ4n) is 2.95. The SMILES string of the molecule is CC(C)(N)[C@H](NC(=O)c1ccc(C#CC#C[C@@H]2[C@@H](CO)[C@H]2CO)cc1)C(=O)NO. The molecule has 154 valence electrons. The Morgan fingerprint density at radius 3 is 2.21 bits per heavy atom. The molecule has 8 nitrogen and oxygen atoms in total. The number of rotatable bonds is 6. The van der Waals surface area contributed by atoms with Crippen LogP contribution in [0.5, 0.6) is 0 Å². The van der Waals surface area contributed by atoms with Crippen LogP contribution in [0, 0.1) is 41.4 Å². The van der Waals surface area contributed by atoms with Crippen LogP contribution in [0.15, 0.2) is 24.3 Å². The van der Waals surface area contributed by atoms with Gasteiger partial charge in [-0.1, -0.05) is 11.8 Å². The van der Waals surface area contributed by atoms with Gasteiger partial charge in [-0.3, -0.25) is 14.8 Å². The van der Waals surface area contributed by atoms with Gasteiger partial charge in [0.1, 0.15) is 6.04 Å². The van der Waals surface area contributed by atoms with E-state index in [1.54, 1.807) is 38.1 Å². The summed E-state index contributed by atoms with van der Waals surface area (Å²) in [6.07, 6.45) is 0. The van der Waals surface area contributed by atoms with Crippen molar-refractivity contribution >= 4 is 11.8 Å². The zero-order chi connectivity index (χ0) is 21.6. The predicted molar refractivity (Wildman–Crippen MR) is 105 cm³/mol.